The summed E-state index contributed by atoms with van der Waals surface area (Å²) in [6, 6.07) is 5.74. The molecular weight excluding hydrogens is 378 g/mol. The van der Waals surface area contributed by atoms with Gasteiger partial charge in [0.1, 0.15) is 0 Å². The highest BCUT2D eigenvalue weighted by Gasteiger charge is 2.15. The molecule has 0 bridgehead atoms. The minimum Gasteiger partial charge on any atom is -0.493 e. The third-order valence-electron chi connectivity index (χ3n) is 4.25. The first-order valence-electron chi connectivity index (χ1n) is 9.04. The number of hydrogen-bond acceptors (Lipinski definition) is 6. The molecule has 28 heavy (non-hydrogen) atoms. The van der Waals surface area contributed by atoms with Gasteiger partial charge in [-0.15, -0.1) is 11.3 Å². The van der Waals surface area contributed by atoms with Crippen molar-refractivity contribution in [3.63, 3.8) is 0 Å². The molecule has 1 heterocycles. The molecule has 1 aromatic carbocycles. The summed E-state index contributed by atoms with van der Waals surface area (Å²) in [5.41, 5.74) is 1.72. The number of rotatable bonds is 9. The average Bonchev–Trinajstić information content (AvgIpc) is 3.12. The van der Waals surface area contributed by atoms with Gasteiger partial charge in [-0.25, -0.2) is 4.98 Å². The van der Waals surface area contributed by atoms with Gasteiger partial charge in [0.15, 0.2) is 16.6 Å². The van der Waals surface area contributed by atoms with E-state index in [2.05, 4.69) is 10.3 Å². The number of benzene rings is 1. The van der Waals surface area contributed by atoms with Crippen molar-refractivity contribution in [3.8, 4) is 11.5 Å². The zero-order valence-electron chi connectivity index (χ0n) is 16.9. The fraction of sp³-hybridized carbons (Fsp3) is 0.450. The molecule has 152 valence electrons. The van der Waals surface area contributed by atoms with Gasteiger partial charge in [-0.2, -0.15) is 0 Å². The normalized spacial score (nSPS) is 10.6. The third kappa shape index (κ3) is 5.95. The van der Waals surface area contributed by atoms with Crippen molar-refractivity contribution in [3.05, 3.63) is 34.8 Å². The van der Waals surface area contributed by atoms with E-state index in [1.807, 2.05) is 32.0 Å². The first-order chi connectivity index (χ1) is 13.3. The lowest BCUT2D eigenvalue weighted by molar-refractivity contribution is -0.129. The standard InChI is InChI=1S/C20H27N3O4S/c1-13(2)19(25)22-20-21-15(12-28-20)11-18(24)23(3)9-8-14-6-7-16(26-4)17(10-14)27-5/h6-7,10,12-13H,8-9,11H2,1-5H3,(H,21,22,25). The van der Waals surface area contributed by atoms with Crippen LogP contribution in [-0.2, 0) is 22.4 Å². The van der Waals surface area contributed by atoms with Crippen molar-refractivity contribution >= 4 is 28.3 Å². The van der Waals surface area contributed by atoms with Crippen molar-refractivity contribution in [1.82, 2.24) is 9.88 Å². The number of nitrogens with one attached hydrogen (secondary N) is 1. The van der Waals surface area contributed by atoms with Gasteiger partial charge in [-0.3, -0.25) is 9.59 Å². The Bertz CT molecular complexity index is 820. The van der Waals surface area contributed by atoms with Crippen LogP contribution >= 0.6 is 11.3 Å². The summed E-state index contributed by atoms with van der Waals surface area (Å²) in [6.07, 6.45) is 0.909. The number of ether oxygens (including phenoxy) is 2. The van der Waals surface area contributed by atoms with Crippen molar-refractivity contribution in [2.45, 2.75) is 26.7 Å². The van der Waals surface area contributed by atoms with Gasteiger partial charge in [0.2, 0.25) is 11.8 Å². The second-order valence-electron chi connectivity index (χ2n) is 6.72. The molecule has 0 saturated carbocycles. The zero-order chi connectivity index (χ0) is 20.7. The molecule has 7 nitrogen and oxygen atoms in total. The van der Waals surface area contributed by atoms with Crippen LogP contribution < -0.4 is 14.8 Å². The van der Waals surface area contributed by atoms with E-state index in [4.69, 9.17) is 9.47 Å². The van der Waals surface area contributed by atoms with E-state index in [-0.39, 0.29) is 24.2 Å². The highest BCUT2D eigenvalue weighted by atomic mass is 32.1. The van der Waals surface area contributed by atoms with Crippen LogP contribution in [0.5, 0.6) is 11.5 Å². The number of likely N-dealkylation sites (N-methyl/N-ethyl adjacent to an activating group) is 1. The maximum Gasteiger partial charge on any atom is 0.228 e. The van der Waals surface area contributed by atoms with Crippen molar-refractivity contribution < 1.29 is 19.1 Å². The van der Waals surface area contributed by atoms with Gasteiger partial charge in [-0.1, -0.05) is 19.9 Å². The minimum absolute atomic E-state index is 0.0208. The van der Waals surface area contributed by atoms with Crippen LogP contribution in [0.15, 0.2) is 23.6 Å². The van der Waals surface area contributed by atoms with Gasteiger partial charge in [0, 0.05) is 24.9 Å². The number of carbonyl (C=O) groups is 2. The van der Waals surface area contributed by atoms with Crippen molar-refractivity contribution in [1.29, 1.82) is 0 Å². The molecule has 0 saturated heterocycles. The van der Waals surface area contributed by atoms with E-state index < -0.39 is 0 Å². The molecule has 0 unspecified atom stereocenters. The Morgan fingerprint density at radius 2 is 1.93 bits per heavy atom. The first kappa shape index (κ1) is 21.7. The predicted molar refractivity (Wildman–Crippen MR) is 110 cm³/mol. The fourth-order valence-corrected chi connectivity index (χ4v) is 3.16. The lowest BCUT2D eigenvalue weighted by atomic mass is 10.1. The molecule has 0 aliphatic carbocycles. The first-order valence-corrected chi connectivity index (χ1v) is 9.92. The number of anilines is 1. The van der Waals surface area contributed by atoms with Gasteiger partial charge >= 0.3 is 0 Å². The average molecular weight is 406 g/mol. The number of nitrogens with zero attached hydrogens (tertiary/aromatic N) is 2. The molecule has 1 aromatic heterocycles. The summed E-state index contributed by atoms with van der Waals surface area (Å²) >= 11 is 1.33. The molecule has 1 N–H and O–H groups in total. The number of aromatic nitrogens is 1. The summed E-state index contributed by atoms with van der Waals surface area (Å²) in [6.45, 7) is 4.22. The minimum atomic E-state index is -0.114. The van der Waals surface area contributed by atoms with Crippen LogP contribution in [0.3, 0.4) is 0 Å². The van der Waals surface area contributed by atoms with Crippen molar-refractivity contribution in [2.24, 2.45) is 5.92 Å². The molecule has 2 aromatic rings. The topological polar surface area (TPSA) is 80.8 Å². The van der Waals surface area contributed by atoms with E-state index in [0.717, 1.165) is 5.56 Å². The number of thiazole rings is 1. The third-order valence-corrected chi connectivity index (χ3v) is 5.05. The lowest BCUT2D eigenvalue weighted by Crippen LogP contribution is -2.30. The summed E-state index contributed by atoms with van der Waals surface area (Å²) in [5, 5.41) is 5.08. The molecular formula is C20H27N3O4S. The molecule has 0 radical (unpaired) electrons. The molecule has 0 spiro atoms. The van der Waals surface area contributed by atoms with E-state index >= 15 is 0 Å². The summed E-state index contributed by atoms with van der Waals surface area (Å²) in [7, 11) is 4.97. The highest BCUT2D eigenvalue weighted by Crippen LogP contribution is 2.27. The van der Waals surface area contributed by atoms with Gasteiger partial charge in [0.05, 0.1) is 26.3 Å². The Kier molecular flexibility index (Phi) is 7.80. The number of methoxy groups -OCH3 is 2. The smallest absolute Gasteiger partial charge is 0.228 e. The van der Waals surface area contributed by atoms with Crippen LogP contribution in [0.2, 0.25) is 0 Å². The van der Waals surface area contributed by atoms with Gasteiger partial charge in [0.25, 0.3) is 0 Å². The second kappa shape index (κ2) is 10.1. The quantitative estimate of drug-likeness (QED) is 0.694. The lowest BCUT2D eigenvalue weighted by Gasteiger charge is -2.17. The Hall–Kier alpha value is -2.61. The largest absolute Gasteiger partial charge is 0.493 e. The zero-order valence-corrected chi connectivity index (χ0v) is 17.8. The van der Waals surface area contributed by atoms with Crippen LogP contribution in [0, 0.1) is 5.92 Å². The van der Waals surface area contributed by atoms with Gasteiger partial charge < -0.3 is 19.7 Å². The van der Waals surface area contributed by atoms with Gasteiger partial charge in [-0.05, 0) is 24.1 Å². The molecule has 0 aliphatic heterocycles. The summed E-state index contributed by atoms with van der Waals surface area (Å²) in [5.74, 6) is 1.13. The maximum atomic E-state index is 12.5. The van der Waals surface area contributed by atoms with Crippen LogP contribution in [-0.4, -0.2) is 49.5 Å². The fourth-order valence-electron chi connectivity index (χ4n) is 2.44. The van der Waals surface area contributed by atoms with Crippen LogP contribution in [0.4, 0.5) is 5.13 Å². The monoisotopic (exact) mass is 405 g/mol. The number of hydrogen-bond donors (Lipinski definition) is 1. The molecule has 0 fully saturated rings. The molecule has 2 amide bonds. The molecule has 0 aliphatic rings. The Morgan fingerprint density at radius 3 is 2.57 bits per heavy atom. The summed E-state index contributed by atoms with van der Waals surface area (Å²) in [4.78, 5) is 30.2. The molecule has 8 heteroatoms. The highest BCUT2D eigenvalue weighted by molar-refractivity contribution is 7.13. The second-order valence-corrected chi connectivity index (χ2v) is 7.58. The predicted octanol–water partition coefficient (Wildman–Crippen LogP) is 3.00. The van der Waals surface area contributed by atoms with E-state index in [1.54, 1.807) is 31.5 Å². The SMILES string of the molecule is COc1ccc(CCN(C)C(=O)Cc2csc(NC(=O)C(C)C)n2)cc1OC. The van der Waals surface area contributed by atoms with Crippen LogP contribution in [0.1, 0.15) is 25.1 Å². The van der Waals surface area contributed by atoms with E-state index in [0.29, 0.717) is 35.3 Å². The molecule has 2 rings (SSSR count). The Balaban J connectivity index is 1.88. The maximum absolute atomic E-state index is 12.5. The number of amides is 2. The molecule has 0 atom stereocenters. The van der Waals surface area contributed by atoms with Crippen LogP contribution in [0.25, 0.3) is 0 Å². The summed E-state index contributed by atoms with van der Waals surface area (Å²) < 4.78 is 10.6. The van der Waals surface area contributed by atoms with Crippen molar-refractivity contribution in [2.75, 3.05) is 33.1 Å². The van der Waals surface area contributed by atoms with E-state index in [1.165, 1.54) is 11.3 Å². The Labute approximate surface area is 169 Å². The van der Waals surface area contributed by atoms with E-state index in [9.17, 15) is 9.59 Å². The number of carbonyl (C=O) groups excluding carboxylic acids is 2. The Morgan fingerprint density at radius 1 is 1.21 bits per heavy atom.